The summed E-state index contributed by atoms with van der Waals surface area (Å²) < 4.78 is 10.7. The normalized spacial score (nSPS) is 11.2. The Morgan fingerprint density at radius 2 is 1.76 bits per heavy atom. The van der Waals surface area contributed by atoms with Crippen LogP contribution in [0.3, 0.4) is 0 Å². The minimum Gasteiger partial charge on any atom is -0.463 e. The Bertz CT molecular complexity index is 343. The van der Waals surface area contributed by atoms with E-state index in [-0.39, 0.29) is 5.97 Å². The van der Waals surface area contributed by atoms with Crippen molar-refractivity contribution >= 4 is 14.3 Å². The quantitative estimate of drug-likeness (QED) is 0.443. The topological polar surface area (TPSA) is 35.5 Å². The van der Waals surface area contributed by atoms with Crippen LogP contribution in [-0.4, -0.2) is 27.5 Å². The monoisotopic (exact) mass is 252 g/mol. The van der Waals surface area contributed by atoms with E-state index in [1.165, 1.54) is 0 Å². The number of ether oxygens (including phenoxy) is 1. The van der Waals surface area contributed by atoms with Crippen molar-refractivity contribution in [2.45, 2.75) is 26.1 Å². The van der Waals surface area contributed by atoms with Crippen LogP contribution >= 0.6 is 0 Å². The molecule has 0 atom stereocenters. The summed E-state index contributed by atoms with van der Waals surface area (Å²) in [6, 6.07) is 9.59. The van der Waals surface area contributed by atoms with E-state index in [4.69, 9.17) is 9.16 Å². The molecule has 0 amide bonds. The molecule has 0 bridgehead atoms. The smallest absolute Gasteiger partial charge is 0.310 e. The van der Waals surface area contributed by atoms with Gasteiger partial charge in [-0.15, -0.1) is 0 Å². The van der Waals surface area contributed by atoms with E-state index in [2.05, 4.69) is 19.6 Å². The second-order valence-corrected chi connectivity index (χ2v) is 9.36. The maximum absolute atomic E-state index is 11.5. The zero-order valence-electron chi connectivity index (χ0n) is 10.7. The van der Waals surface area contributed by atoms with Crippen molar-refractivity contribution in [1.82, 2.24) is 0 Å². The van der Waals surface area contributed by atoms with Gasteiger partial charge in [-0.25, -0.2) is 0 Å². The molecule has 0 aliphatic rings. The molecule has 0 N–H and O–H groups in total. The first-order chi connectivity index (χ1) is 7.97. The van der Waals surface area contributed by atoms with Crippen LogP contribution in [0.4, 0.5) is 0 Å². The largest absolute Gasteiger partial charge is 0.463 e. The molecule has 0 aromatic heterocycles. The number of benzene rings is 1. The average Bonchev–Trinajstić information content (AvgIpc) is 2.25. The molecule has 0 fully saturated rings. The van der Waals surface area contributed by atoms with E-state index in [0.29, 0.717) is 19.6 Å². The molecule has 94 valence electrons. The molecular formula is C13H20O3Si. The highest BCUT2D eigenvalue weighted by Gasteiger charge is 2.13. The summed E-state index contributed by atoms with van der Waals surface area (Å²) in [5.41, 5.74) is 0.976. The first-order valence-electron chi connectivity index (χ1n) is 5.81. The highest BCUT2D eigenvalue weighted by Crippen LogP contribution is 2.03. The van der Waals surface area contributed by atoms with E-state index in [1.54, 1.807) is 0 Å². The molecular weight excluding hydrogens is 232 g/mol. The lowest BCUT2D eigenvalue weighted by atomic mass is 10.2. The minimum atomic E-state index is -1.49. The summed E-state index contributed by atoms with van der Waals surface area (Å²) in [6.07, 6.45) is 0.327. The minimum absolute atomic E-state index is 0.199. The lowest BCUT2D eigenvalue weighted by Gasteiger charge is -2.16. The van der Waals surface area contributed by atoms with Gasteiger partial charge in [0.1, 0.15) is 6.61 Å². The van der Waals surface area contributed by atoms with Gasteiger partial charge in [0.25, 0.3) is 0 Å². The molecule has 4 heteroatoms. The average molecular weight is 252 g/mol. The summed E-state index contributed by atoms with van der Waals surface area (Å²) in [7, 11) is -1.49. The van der Waals surface area contributed by atoms with Crippen molar-refractivity contribution in [2.75, 3.05) is 13.2 Å². The number of esters is 1. The third kappa shape index (κ3) is 6.91. The number of carbonyl (C=O) groups excluding carboxylic acids is 1. The Balaban J connectivity index is 2.18. The van der Waals surface area contributed by atoms with Crippen LogP contribution < -0.4 is 0 Å². The Morgan fingerprint density at radius 1 is 1.12 bits per heavy atom. The summed E-state index contributed by atoms with van der Waals surface area (Å²) in [5, 5.41) is 0. The van der Waals surface area contributed by atoms with Crippen LogP contribution in [0.2, 0.25) is 19.6 Å². The SMILES string of the molecule is C[Si](C)(C)OCCOC(=O)Cc1ccccc1. The van der Waals surface area contributed by atoms with Crippen LogP contribution in [-0.2, 0) is 20.4 Å². The fraction of sp³-hybridized carbons (Fsp3) is 0.462. The summed E-state index contributed by atoms with van der Waals surface area (Å²) in [5.74, 6) is -0.199. The number of rotatable bonds is 6. The van der Waals surface area contributed by atoms with Crippen LogP contribution in [0, 0.1) is 0 Å². The molecule has 0 saturated heterocycles. The zero-order chi connectivity index (χ0) is 12.7. The molecule has 0 aliphatic heterocycles. The van der Waals surface area contributed by atoms with Crippen LogP contribution in [0.1, 0.15) is 5.56 Å². The molecule has 1 aromatic rings. The van der Waals surface area contributed by atoms with Gasteiger partial charge in [-0.3, -0.25) is 4.79 Å². The van der Waals surface area contributed by atoms with Crippen molar-refractivity contribution < 1.29 is 14.0 Å². The maximum atomic E-state index is 11.5. The Morgan fingerprint density at radius 3 is 2.35 bits per heavy atom. The maximum Gasteiger partial charge on any atom is 0.310 e. The van der Waals surface area contributed by atoms with Gasteiger partial charge in [0.05, 0.1) is 13.0 Å². The number of hydrogen-bond donors (Lipinski definition) is 0. The highest BCUT2D eigenvalue weighted by atomic mass is 28.4. The lowest BCUT2D eigenvalue weighted by molar-refractivity contribution is -0.143. The first kappa shape index (κ1) is 13.9. The zero-order valence-corrected chi connectivity index (χ0v) is 11.7. The van der Waals surface area contributed by atoms with Crippen molar-refractivity contribution in [3.05, 3.63) is 35.9 Å². The van der Waals surface area contributed by atoms with Crippen molar-refractivity contribution in [3.8, 4) is 0 Å². The highest BCUT2D eigenvalue weighted by molar-refractivity contribution is 6.69. The van der Waals surface area contributed by atoms with Gasteiger partial charge < -0.3 is 9.16 Å². The summed E-state index contributed by atoms with van der Waals surface area (Å²) in [6.45, 7) is 7.17. The standard InChI is InChI=1S/C13H20O3Si/c1-17(2,3)16-10-9-15-13(14)11-12-7-5-4-6-8-12/h4-8H,9-11H2,1-3H3. The third-order valence-corrected chi connectivity index (χ3v) is 3.14. The van der Waals surface area contributed by atoms with E-state index in [9.17, 15) is 4.79 Å². The molecule has 0 spiro atoms. The van der Waals surface area contributed by atoms with Crippen molar-refractivity contribution in [1.29, 1.82) is 0 Å². The summed E-state index contributed by atoms with van der Waals surface area (Å²) in [4.78, 5) is 11.5. The van der Waals surface area contributed by atoms with Gasteiger partial charge in [-0.1, -0.05) is 30.3 Å². The van der Waals surface area contributed by atoms with Crippen LogP contribution in [0.15, 0.2) is 30.3 Å². The van der Waals surface area contributed by atoms with Gasteiger partial charge in [-0.05, 0) is 25.2 Å². The fourth-order valence-corrected chi connectivity index (χ4v) is 2.01. The van der Waals surface area contributed by atoms with Crippen LogP contribution in [0.5, 0.6) is 0 Å². The van der Waals surface area contributed by atoms with Gasteiger partial charge in [0, 0.05) is 0 Å². The predicted octanol–water partition coefficient (Wildman–Crippen LogP) is 2.62. The molecule has 0 saturated carbocycles. The van der Waals surface area contributed by atoms with Gasteiger partial charge >= 0.3 is 5.97 Å². The van der Waals surface area contributed by atoms with E-state index in [0.717, 1.165) is 5.56 Å². The molecule has 17 heavy (non-hydrogen) atoms. The molecule has 1 rings (SSSR count). The van der Waals surface area contributed by atoms with Crippen molar-refractivity contribution in [2.24, 2.45) is 0 Å². The Kier molecular flexibility index (Phi) is 5.38. The molecule has 1 aromatic carbocycles. The second kappa shape index (κ2) is 6.57. The third-order valence-electron chi connectivity index (χ3n) is 2.07. The summed E-state index contributed by atoms with van der Waals surface area (Å²) >= 11 is 0. The molecule has 3 nitrogen and oxygen atoms in total. The Labute approximate surface area is 104 Å². The predicted molar refractivity (Wildman–Crippen MR) is 70.4 cm³/mol. The van der Waals surface area contributed by atoms with Gasteiger partial charge in [0.2, 0.25) is 0 Å². The fourth-order valence-electron chi connectivity index (χ4n) is 1.32. The molecule has 0 radical (unpaired) electrons. The van der Waals surface area contributed by atoms with Gasteiger partial charge in [-0.2, -0.15) is 0 Å². The van der Waals surface area contributed by atoms with Crippen molar-refractivity contribution in [3.63, 3.8) is 0 Å². The molecule has 0 aliphatic carbocycles. The lowest BCUT2D eigenvalue weighted by Crippen LogP contribution is -2.27. The Hall–Kier alpha value is -1.13. The number of hydrogen-bond acceptors (Lipinski definition) is 3. The van der Waals surface area contributed by atoms with Gasteiger partial charge in [0.15, 0.2) is 8.32 Å². The van der Waals surface area contributed by atoms with E-state index < -0.39 is 8.32 Å². The second-order valence-electron chi connectivity index (χ2n) is 4.84. The van der Waals surface area contributed by atoms with Crippen LogP contribution in [0.25, 0.3) is 0 Å². The number of carbonyl (C=O) groups is 1. The first-order valence-corrected chi connectivity index (χ1v) is 9.22. The molecule has 0 heterocycles. The van der Waals surface area contributed by atoms with E-state index >= 15 is 0 Å². The molecule has 0 unspecified atom stereocenters. The van der Waals surface area contributed by atoms with E-state index in [1.807, 2.05) is 30.3 Å².